The van der Waals surface area contributed by atoms with Crippen LogP contribution < -0.4 is 5.32 Å². The zero-order valence-corrected chi connectivity index (χ0v) is 12.1. The molecule has 18 heavy (non-hydrogen) atoms. The van der Waals surface area contributed by atoms with E-state index in [0.717, 1.165) is 38.0 Å². The summed E-state index contributed by atoms with van der Waals surface area (Å²) < 4.78 is 0. The first kappa shape index (κ1) is 13.8. The van der Waals surface area contributed by atoms with Gasteiger partial charge in [-0.1, -0.05) is 20.8 Å². The second kappa shape index (κ2) is 5.59. The van der Waals surface area contributed by atoms with Gasteiger partial charge in [0.05, 0.1) is 6.07 Å². The molecular formula is C15H27N3. The monoisotopic (exact) mass is 249 g/mol. The van der Waals surface area contributed by atoms with E-state index in [0.29, 0.717) is 5.92 Å². The molecule has 3 unspecified atom stereocenters. The van der Waals surface area contributed by atoms with Crippen molar-refractivity contribution in [3.8, 4) is 6.07 Å². The van der Waals surface area contributed by atoms with Gasteiger partial charge in [0, 0.05) is 13.1 Å². The molecule has 2 rings (SSSR count). The molecule has 102 valence electrons. The number of hydrogen-bond donors (Lipinski definition) is 1. The SMILES string of the molecule is CCNC(C#N)(CN1CCC(C)C(C)C1)C1CC1. The second-order valence-corrected chi connectivity index (χ2v) is 6.37. The van der Waals surface area contributed by atoms with Crippen LogP contribution in [0.5, 0.6) is 0 Å². The number of hydrogen-bond acceptors (Lipinski definition) is 3. The van der Waals surface area contributed by atoms with Gasteiger partial charge in [-0.3, -0.25) is 5.32 Å². The van der Waals surface area contributed by atoms with Crippen LogP contribution in [0.1, 0.15) is 40.0 Å². The Morgan fingerprint density at radius 1 is 1.28 bits per heavy atom. The minimum absolute atomic E-state index is 0.283. The van der Waals surface area contributed by atoms with Crippen molar-refractivity contribution in [1.82, 2.24) is 10.2 Å². The second-order valence-electron chi connectivity index (χ2n) is 6.37. The first-order chi connectivity index (χ1) is 8.61. The van der Waals surface area contributed by atoms with Crippen LogP contribution in [0.25, 0.3) is 0 Å². The molecule has 3 heteroatoms. The van der Waals surface area contributed by atoms with E-state index < -0.39 is 0 Å². The van der Waals surface area contributed by atoms with Gasteiger partial charge in [0.2, 0.25) is 0 Å². The number of likely N-dealkylation sites (N-methyl/N-ethyl adjacent to an activating group) is 1. The average molecular weight is 249 g/mol. The van der Waals surface area contributed by atoms with Gasteiger partial charge in [-0.2, -0.15) is 5.26 Å². The summed E-state index contributed by atoms with van der Waals surface area (Å²) in [7, 11) is 0. The number of likely N-dealkylation sites (tertiary alicyclic amines) is 1. The average Bonchev–Trinajstić information content (AvgIpc) is 3.17. The quantitative estimate of drug-likeness (QED) is 0.812. The highest BCUT2D eigenvalue weighted by atomic mass is 15.2. The van der Waals surface area contributed by atoms with E-state index in [-0.39, 0.29) is 5.54 Å². The number of nitriles is 1. The van der Waals surface area contributed by atoms with Gasteiger partial charge in [0.1, 0.15) is 5.54 Å². The Kier molecular flexibility index (Phi) is 4.29. The van der Waals surface area contributed by atoms with Crippen LogP contribution in [0.15, 0.2) is 0 Å². The molecule has 0 bridgehead atoms. The molecule has 3 atom stereocenters. The lowest BCUT2D eigenvalue weighted by atomic mass is 9.86. The van der Waals surface area contributed by atoms with Crippen molar-refractivity contribution >= 4 is 0 Å². The summed E-state index contributed by atoms with van der Waals surface area (Å²) >= 11 is 0. The molecule has 0 radical (unpaired) electrons. The molecule has 1 saturated carbocycles. The molecule has 0 spiro atoms. The van der Waals surface area contributed by atoms with E-state index in [1.165, 1.54) is 19.3 Å². The Hall–Kier alpha value is -0.590. The zero-order valence-electron chi connectivity index (χ0n) is 12.1. The lowest BCUT2D eigenvalue weighted by Crippen LogP contribution is -2.56. The third-order valence-electron chi connectivity index (χ3n) is 4.86. The molecule has 1 N–H and O–H groups in total. The van der Waals surface area contributed by atoms with Crippen molar-refractivity contribution in [2.45, 2.75) is 45.6 Å². The maximum absolute atomic E-state index is 9.63. The molecule has 1 saturated heterocycles. The summed E-state index contributed by atoms with van der Waals surface area (Å²) in [4.78, 5) is 2.51. The molecule has 1 heterocycles. The number of nitrogens with one attached hydrogen (secondary N) is 1. The van der Waals surface area contributed by atoms with Gasteiger partial charge in [0.15, 0.2) is 0 Å². The van der Waals surface area contributed by atoms with Crippen LogP contribution in [-0.2, 0) is 0 Å². The van der Waals surface area contributed by atoms with Crippen LogP contribution in [0, 0.1) is 29.1 Å². The predicted molar refractivity (Wildman–Crippen MR) is 74.1 cm³/mol. The van der Waals surface area contributed by atoms with Crippen LogP contribution in [0.4, 0.5) is 0 Å². The van der Waals surface area contributed by atoms with E-state index in [4.69, 9.17) is 0 Å². The van der Waals surface area contributed by atoms with Gasteiger partial charge >= 0.3 is 0 Å². The third kappa shape index (κ3) is 2.87. The van der Waals surface area contributed by atoms with Gasteiger partial charge in [-0.05, 0) is 50.1 Å². The Labute approximate surface area is 112 Å². The predicted octanol–water partition coefficient (Wildman–Crippen LogP) is 2.25. The van der Waals surface area contributed by atoms with Crippen molar-refractivity contribution in [3.05, 3.63) is 0 Å². The van der Waals surface area contributed by atoms with Gasteiger partial charge in [-0.15, -0.1) is 0 Å². The molecule has 0 aromatic rings. The normalized spacial score (nSPS) is 32.8. The summed E-state index contributed by atoms with van der Waals surface area (Å²) in [6.45, 7) is 10.9. The smallest absolute Gasteiger partial charge is 0.122 e. The molecule has 3 nitrogen and oxygen atoms in total. The highest BCUT2D eigenvalue weighted by Gasteiger charge is 2.46. The van der Waals surface area contributed by atoms with Crippen molar-refractivity contribution < 1.29 is 0 Å². The lowest BCUT2D eigenvalue weighted by molar-refractivity contribution is 0.109. The first-order valence-corrected chi connectivity index (χ1v) is 7.50. The van der Waals surface area contributed by atoms with Crippen LogP contribution in [-0.4, -0.2) is 36.6 Å². The van der Waals surface area contributed by atoms with E-state index in [1.807, 2.05) is 0 Å². The topological polar surface area (TPSA) is 39.1 Å². The Balaban J connectivity index is 1.99. The van der Waals surface area contributed by atoms with E-state index in [9.17, 15) is 5.26 Å². The molecule has 2 aliphatic rings. The molecule has 0 aromatic carbocycles. The highest BCUT2D eigenvalue weighted by molar-refractivity contribution is 5.16. The van der Waals surface area contributed by atoms with E-state index in [2.05, 4.69) is 37.1 Å². The van der Waals surface area contributed by atoms with Crippen molar-refractivity contribution in [1.29, 1.82) is 5.26 Å². The third-order valence-corrected chi connectivity index (χ3v) is 4.86. The standard InChI is InChI=1S/C15H27N3/c1-4-17-15(10-16,14-5-6-14)11-18-8-7-12(2)13(3)9-18/h12-14,17H,4-9,11H2,1-3H3. The van der Waals surface area contributed by atoms with Gasteiger partial charge in [-0.25, -0.2) is 0 Å². The van der Waals surface area contributed by atoms with Crippen LogP contribution in [0.3, 0.4) is 0 Å². The fourth-order valence-electron chi connectivity index (χ4n) is 3.23. The van der Waals surface area contributed by atoms with Crippen molar-refractivity contribution in [2.24, 2.45) is 17.8 Å². The summed E-state index contributed by atoms with van der Waals surface area (Å²) in [6.07, 6.45) is 3.72. The maximum Gasteiger partial charge on any atom is 0.122 e. The largest absolute Gasteiger partial charge is 0.300 e. The Bertz CT molecular complexity index is 318. The minimum Gasteiger partial charge on any atom is -0.300 e. The van der Waals surface area contributed by atoms with Gasteiger partial charge in [0.25, 0.3) is 0 Å². The number of piperidine rings is 1. The summed E-state index contributed by atoms with van der Waals surface area (Å²) in [5.41, 5.74) is -0.283. The summed E-state index contributed by atoms with van der Waals surface area (Å²) in [5.74, 6) is 2.17. The van der Waals surface area contributed by atoms with E-state index >= 15 is 0 Å². The summed E-state index contributed by atoms with van der Waals surface area (Å²) in [5, 5.41) is 13.1. The molecule has 1 aliphatic carbocycles. The van der Waals surface area contributed by atoms with Crippen molar-refractivity contribution in [3.63, 3.8) is 0 Å². The fraction of sp³-hybridized carbons (Fsp3) is 0.933. The maximum atomic E-state index is 9.63. The Morgan fingerprint density at radius 2 is 2.00 bits per heavy atom. The lowest BCUT2D eigenvalue weighted by Gasteiger charge is -2.40. The summed E-state index contributed by atoms with van der Waals surface area (Å²) in [6, 6.07) is 2.60. The molecule has 2 fully saturated rings. The van der Waals surface area contributed by atoms with Crippen LogP contribution >= 0.6 is 0 Å². The van der Waals surface area contributed by atoms with Gasteiger partial charge < -0.3 is 4.90 Å². The molecular weight excluding hydrogens is 222 g/mol. The van der Waals surface area contributed by atoms with Crippen LogP contribution in [0.2, 0.25) is 0 Å². The first-order valence-electron chi connectivity index (χ1n) is 7.50. The Morgan fingerprint density at radius 3 is 2.50 bits per heavy atom. The highest BCUT2D eigenvalue weighted by Crippen LogP contribution is 2.40. The molecule has 1 aliphatic heterocycles. The van der Waals surface area contributed by atoms with E-state index in [1.54, 1.807) is 0 Å². The number of rotatable bonds is 5. The molecule has 0 amide bonds. The minimum atomic E-state index is -0.283. The molecule has 0 aromatic heterocycles. The number of nitrogens with zero attached hydrogens (tertiary/aromatic N) is 2. The van der Waals surface area contributed by atoms with Crippen molar-refractivity contribution in [2.75, 3.05) is 26.2 Å². The zero-order chi connectivity index (χ0) is 13.2. The fourth-order valence-corrected chi connectivity index (χ4v) is 3.23.